The number of hydrogen-bond acceptors (Lipinski definition) is 1. The summed E-state index contributed by atoms with van der Waals surface area (Å²) in [6.07, 6.45) is 1.90. The molecule has 0 spiro atoms. The van der Waals surface area contributed by atoms with Crippen LogP contribution in [0.2, 0.25) is 0 Å². The molecule has 0 aliphatic carbocycles. The van der Waals surface area contributed by atoms with Crippen molar-refractivity contribution in [1.82, 2.24) is 0 Å². The van der Waals surface area contributed by atoms with E-state index < -0.39 is 0 Å². The quantitative estimate of drug-likeness (QED) is 0.323. The van der Waals surface area contributed by atoms with E-state index in [1.54, 1.807) is 12.7 Å². The van der Waals surface area contributed by atoms with Gasteiger partial charge in [-0.1, -0.05) is 0 Å². The molecule has 0 saturated heterocycles. The number of hydrogen-bond donors (Lipinski definition) is 0. The molecule has 0 N–H and O–H groups in total. The summed E-state index contributed by atoms with van der Waals surface area (Å²) in [7, 11) is 0. The Morgan fingerprint density at radius 3 is 2.25 bits per heavy atom. The first-order valence-corrected chi connectivity index (χ1v) is 2.37. The fourth-order valence-corrected chi connectivity index (χ4v) is 0.213. The van der Waals surface area contributed by atoms with Crippen LogP contribution in [0.4, 0.5) is 0 Å². The van der Waals surface area contributed by atoms with E-state index in [4.69, 9.17) is 4.74 Å². The fourth-order valence-electron chi connectivity index (χ4n) is 0.213. The first kappa shape index (κ1) is 11.0. The van der Waals surface area contributed by atoms with Gasteiger partial charge in [0.15, 0.2) is 0 Å². The van der Waals surface area contributed by atoms with Crippen molar-refractivity contribution in [3.63, 3.8) is 0 Å². The molecule has 8 heavy (non-hydrogen) atoms. The van der Waals surface area contributed by atoms with E-state index in [1.807, 2.05) is 13.8 Å². The molecule has 0 atom stereocenters. The average Bonchev–Trinajstić information content (AvgIpc) is 1.61. The van der Waals surface area contributed by atoms with Crippen LogP contribution in [0.25, 0.3) is 0 Å². The van der Waals surface area contributed by atoms with Crippen molar-refractivity contribution >= 4 is 0 Å². The fraction of sp³-hybridized carbons (Fsp3) is 0.500. The van der Waals surface area contributed by atoms with Gasteiger partial charge in [0.1, 0.15) is 0 Å². The summed E-state index contributed by atoms with van der Waals surface area (Å²) >= 11 is 0. The van der Waals surface area contributed by atoms with E-state index in [9.17, 15) is 0 Å². The van der Waals surface area contributed by atoms with Crippen LogP contribution in [0, 0.1) is 6.61 Å². The summed E-state index contributed by atoms with van der Waals surface area (Å²) < 4.78 is 4.95. The van der Waals surface area contributed by atoms with Gasteiger partial charge in [0.2, 0.25) is 0 Å². The van der Waals surface area contributed by atoms with E-state index in [1.165, 1.54) is 0 Å². The zero-order valence-electron chi connectivity index (χ0n) is 5.85. The Hall–Kier alpha value is 0.167. The minimum absolute atomic E-state index is 0. The van der Waals surface area contributed by atoms with Crippen LogP contribution in [0.5, 0.6) is 0 Å². The molecule has 0 aliphatic rings. The van der Waals surface area contributed by atoms with Crippen LogP contribution in [0.1, 0.15) is 13.8 Å². The zero-order chi connectivity index (χ0) is 5.70. The third-order valence-electron chi connectivity index (χ3n) is 0.447. The predicted octanol–water partition coefficient (Wildman–Crippen LogP) is -1.24. The molecule has 0 rings (SSSR count). The zero-order valence-corrected chi connectivity index (χ0v) is 5.85. The molecule has 0 aromatic carbocycles. The summed E-state index contributed by atoms with van der Waals surface area (Å²) in [6, 6.07) is 0. The van der Waals surface area contributed by atoms with Crippen molar-refractivity contribution in [2.24, 2.45) is 0 Å². The van der Waals surface area contributed by atoms with Crippen LogP contribution in [-0.2, 0) is 4.74 Å². The van der Waals surface area contributed by atoms with Gasteiger partial charge in [0.05, 0.1) is 0 Å². The second kappa shape index (κ2) is 7.17. The molecule has 0 aromatic heterocycles. The standard InChI is InChI=1S/C6H11O.Li/c1-4-5-7-6(2)3;/h4-6H,1H2,2-3H3;/q-1;+1. The van der Waals surface area contributed by atoms with E-state index >= 15 is 0 Å². The van der Waals surface area contributed by atoms with Crippen molar-refractivity contribution in [1.29, 1.82) is 0 Å². The smallest absolute Gasteiger partial charge is 0.440 e. The van der Waals surface area contributed by atoms with Crippen LogP contribution in [-0.4, -0.2) is 6.10 Å². The predicted molar refractivity (Wildman–Crippen MR) is 30.7 cm³/mol. The molecule has 0 aliphatic heterocycles. The van der Waals surface area contributed by atoms with Crippen molar-refractivity contribution in [3.8, 4) is 0 Å². The number of rotatable bonds is 3. The molecule has 0 aromatic rings. The van der Waals surface area contributed by atoms with Gasteiger partial charge in [-0.3, -0.25) is 0 Å². The molecule has 0 heterocycles. The molecule has 1 nitrogen and oxygen atoms in total. The first-order valence-electron chi connectivity index (χ1n) is 2.37. The summed E-state index contributed by atoms with van der Waals surface area (Å²) in [5.41, 5.74) is 0. The Morgan fingerprint density at radius 2 is 2.12 bits per heavy atom. The second-order valence-corrected chi connectivity index (χ2v) is 1.56. The molecule has 2 heteroatoms. The Labute approximate surface area is 63.3 Å². The monoisotopic (exact) mass is 106 g/mol. The van der Waals surface area contributed by atoms with E-state index in [2.05, 4.69) is 6.58 Å². The molecule has 0 amide bonds. The van der Waals surface area contributed by atoms with Gasteiger partial charge in [-0.25, -0.2) is 12.7 Å². The van der Waals surface area contributed by atoms with E-state index in [-0.39, 0.29) is 25.0 Å². The van der Waals surface area contributed by atoms with Gasteiger partial charge in [-0.15, -0.1) is 6.61 Å². The van der Waals surface area contributed by atoms with Crippen LogP contribution >= 0.6 is 0 Å². The maximum Gasteiger partial charge on any atom is 1.00 e. The maximum absolute atomic E-state index is 4.95. The third kappa shape index (κ3) is 9.48. The SMILES string of the molecule is C=C[CH-]OC(C)C.[Li+]. The molecule has 0 fully saturated rings. The van der Waals surface area contributed by atoms with Gasteiger partial charge in [0.25, 0.3) is 0 Å². The van der Waals surface area contributed by atoms with Crippen molar-refractivity contribution in [2.45, 2.75) is 20.0 Å². The Bertz CT molecular complexity index is 52.5. The summed E-state index contributed by atoms with van der Waals surface area (Å²) in [6.45, 7) is 8.98. The minimum atomic E-state index is 0. The molecule has 0 unspecified atom stereocenters. The van der Waals surface area contributed by atoms with Crippen LogP contribution in [0.15, 0.2) is 12.7 Å². The molecule has 0 bridgehead atoms. The second-order valence-electron chi connectivity index (χ2n) is 1.56. The average molecular weight is 106 g/mol. The van der Waals surface area contributed by atoms with Crippen molar-refractivity contribution in [2.75, 3.05) is 0 Å². The normalized spacial score (nSPS) is 7.88. The Kier molecular flexibility index (Phi) is 9.88. The summed E-state index contributed by atoms with van der Waals surface area (Å²) in [5.74, 6) is 0. The van der Waals surface area contributed by atoms with Crippen molar-refractivity contribution in [3.05, 3.63) is 19.3 Å². The topological polar surface area (TPSA) is 9.23 Å². The summed E-state index contributed by atoms with van der Waals surface area (Å²) in [5, 5.41) is 0. The van der Waals surface area contributed by atoms with Gasteiger partial charge in [-0.05, 0) is 13.8 Å². The maximum atomic E-state index is 4.95. The molecule has 0 radical (unpaired) electrons. The molecular formula is C6H11LiO. The van der Waals surface area contributed by atoms with Gasteiger partial charge < -0.3 is 4.74 Å². The third-order valence-corrected chi connectivity index (χ3v) is 0.447. The van der Waals surface area contributed by atoms with E-state index in [0.29, 0.717) is 0 Å². The first-order chi connectivity index (χ1) is 3.27. The largest absolute Gasteiger partial charge is 1.00 e. The molecular weight excluding hydrogens is 95.0 g/mol. The molecule has 42 valence electrons. The van der Waals surface area contributed by atoms with Crippen molar-refractivity contribution < 1.29 is 23.6 Å². The van der Waals surface area contributed by atoms with Crippen LogP contribution < -0.4 is 18.9 Å². The van der Waals surface area contributed by atoms with Gasteiger partial charge >= 0.3 is 18.9 Å². The minimum Gasteiger partial charge on any atom is -0.440 e. The number of ether oxygens (including phenoxy) is 1. The van der Waals surface area contributed by atoms with Crippen LogP contribution in [0.3, 0.4) is 0 Å². The van der Waals surface area contributed by atoms with Gasteiger partial charge in [0, 0.05) is 6.10 Å². The molecule has 0 saturated carbocycles. The Balaban J connectivity index is 0. The van der Waals surface area contributed by atoms with E-state index in [0.717, 1.165) is 0 Å². The Morgan fingerprint density at radius 1 is 1.62 bits per heavy atom. The summed E-state index contributed by atoms with van der Waals surface area (Å²) in [4.78, 5) is 0. The van der Waals surface area contributed by atoms with Gasteiger partial charge in [-0.2, -0.15) is 0 Å².